The molecular weight excluding hydrogens is 268 g/mol. The third-order valence-corrected chi connectivity index (χ3v) is 5.49. The van der Waals surface area contributed by atoms with E-state index in [9.17, 15) is 8.42 Å². The van der Waals surface area contributed by atoms with E-state index < -0.39 is 10.0 Å². The Balaban J connectivity index is 1.96. The Morgan fingerprint density at radius 3 is 2.89 bits per heavy atom. The first kappa shape index (κ1) is 12.7. The van der Waals surface area contributed by atoms with Gasteiger partial charge in [0.2, 0.25) is 16.8 Å². The van der Waals surface area contributed by atoms with Crippen molar-refractivity contribution in [2.75, 3.05) is 19.9 Å². The SMILES string of the molecule is NC[C@@H]1CCCN1S(=O)(=O)c1ccc2c(c1)OCO2. The van der Waals surface area contributed by atoms with E-state index in [1.54, 1.807) is 12.1 Å². The van der Waals surface area contributed by atoms with Crippen LogP contribution in [0.5, 0.6) is 11.5 Å². The van der Waals surface area contributed by atoms with Gasteiger partial charge in [0.25, 0.3) is 0 Å². The number of hydrogen-bond acceptors (Lipinski definition) is 5. The molecule has 2 N–H and O–H groups in total. The zero-order valence-electron chi connectivity index (χ0n) is 10.4. The molecule has 19 heavy (non-hydrogen) atoms. The highest BCUT2D eigenvalue weighted by Crippen LogP contribution is 2.35. The number of benzene rings is 1. The van der Waals surface area contributed by atoms with Crippen LogP contribution in [-0.2, 0) is 10.0 Å². The van der Waals surface area contributed by atoms with E-state index in [1.165, 1.54) is 10.4 Å². The molecule has 2 aliphatic rings. The molecule has 1 aromatic carbocycles. The van der Waals surface area contributed by atoms with Gasteiger partial charge in [-0.2, -0.15) is 4.31 Å². The van der Waals surface area contributed by atoms with Crippen LogP contribution in [0.1, 0.15) is 12.8 Å². The molecule has 1 saturated heterocycles. The molecule has 104 valence electrons. The summed E-state index contributed by atoms with van der Waals surface area (Å²) in [5.74, 6) is 1.06. The molecule has 2 aliphatic heterocycles. The zero-order valence-corrected chi connectivity index (χ0v) is 11.2. The molecule has 0 amide bonds. The van der Waals surface area contributed by atoms with Crippen molar-refractivity contribution in [3.63, 3.8) is 0 Å². The topological polar surface area (TPSA) is 81.9 Å². The van der Waals surface area contributed by atoms with Crippen molar-refractivity contribution in [1.29, 1.82) is 0 Å². The molecular formula is C12H16N2O4S. The molecule has 0 bridgehead atoms. The van der Waals surface area contributed by atoms with Crippen LogP contribution < -0.4 is 15.2 Å². The smallest absolute Gasteiger partial charge is 0.243 e. The minimum Gasteiger partial charge on any atom is -0.454 e. The summed E-state index contributed by atoms with van der Waals surface area (Å²) in [7, 11) is -3.50. The number of nitrogens with two attached hydrogens (primary N) is 1. The summed E-state index contributed by atoms with van der Waals surface area (Å²) in [5.41, 5.74) is 5.64. The van der Waals surface area contributed by atoms with Crippen LogP contribution in [0, 0.1) is 0 Å². The molecule has 0 aromatic heterocycles. The van der Waals surface area contributed by atoms with Crippen molar-refractivity contribution in [2.24, 2.45) is 5.73 Å². The van der Waals surface area contributed by atoms with Crippen molar-refractivity contribution >= 4 is 10.0 Å². The van der Waals surface area contributed by atoms with E-state index in [2.05, 4.69) is 0 Å². The van der Waals surface area contributed by atoms with Gasteiger partial charge in [0.05, 0.1) is 4.90 Å². The summed E-state index contributed by atoms with van der Waals surface area (Å²) in [5, 5.41) is 0. The Morgan fingerprint density at radius 1 is 1.32 bits per heavy atom. The van der Waals surface area contributed by atoms with Gasteiger partial charge in [-0.3, -0.25) is 0 Å². The maximum atomic E-state index is 12.6. The third-order valence-electron chi connectivity index (χ3n) is 3.55. The molecule has 0 radical (unpaired) electrons. The summed E-state index contributed by atoms with van der Waals surface area (Å²) in [6.07, 6.45) is 1.67. The van der Waals surface area contributed by atoms with Gasteiger partial charge in [-0.05, 0) is 25.0 Å². The van der Waals surface area contributed by atoms with E-state index in [0.29, 0.717) is 24.6 Å². The average Bonchev–Trinajstić information content (AvgIpc) is 3.06. The molecule has 0 spiro atoms. The summed E-state index contributed by atoms with van der Waals surface area (Å²) >= 11 is 0. The maximum absolute atomic E-state index is 12.6. The first-order valence-electron chi connectivity index (χ1n) is 6.24. The van der Waals surface area contributed by atoms with Crippen LogP contribution >= 0.6 is 0 Å². The number of hydrogen-bond donors (Lipinski definition) is 1. The highest BCUT2D eigenvalue weighted by molar-refractivity contribution is 7.89. The minimum atomic E-state index is -3.50. The number of ether oxygens (including phenoxy) is 2. The molecule has 0 saturated carbocycles. The van der Waals surface area contributed by atoms with Crippen molar-refractivity contribution in [1.82, 2.24) is 4.31 Å². The largest absolute Gasteiger partial charge is 0.454 e. The number of sulfonamides is 1. The van der Waals surface area contributed by atoms with E-state index in [4.69, 9.17) is 15.2 Å². The van der Waals surface area contributed by atoms with Gasteiger partial charge in [-0.15, -0.1) is 0 Å². The lowest BCUT2D eigenvalue weighted by molar-refractivity contribution is 0.174. The second kappa shape index (κ2) is 4.66. The lowest BCUT2D eigenvalue weighted by atomic mass is 10.2. The normalized spacial score (nSPS) is 22.9. The van der Waals surface area contributed by atoms with Crippen LogP contribution in [0.15, 0.2) is 23.1 Å². The highest BCUT2D eigenvalue weighted by Gasteiger charge is 2.35. The quantitative estimate of drug-likeness (QED) is 0.875. The predicted octanol–water partition coefficient (Wildman–Crippen LogP) is 0.527. The number of fused-ring (bicyclic) bond motifs is 1. The first-order valence-corrected chi connectivity index (χ1v) is 7.68. The third kappa shape index (κ3) is 2.07. The van der Waals surface area contributed by atoms with E-state index in [1.807, 2.05) is 0 Å². The molecule has 1 aromatic rings. The van der Waals surface area contributed by atoms with Gasteiger partial charge < -0.3 is 15.2 Å². The van der Waals surface area contributed by atoms with Crippen LogP contribution in [0.3, 0.4) is 0 Å². The Kier molecular flexibility index (Phi) is 3.12. The summed E-state index contributed by atoms with van der Waals surface area (Å²) < 4.78 is 37.0. The molecule has 2 heterocycles. The van der Waals surface area contributed by atoms with Gasteiger partial charge in [0, 0.05) is 25.2 Å². The summed E-state index contributed by atoms with van der Waals surface area (Å²) in [6.45, 7) is 1.01. The predicted molar refractivity (Wildman–Crippen MR) is 68.5 cm³/mol. The lowest BCUT2D eigenvalue weighted by Crippen LogP contribution is -2.39. The fraction of sp³-hybridized carbons (Fsp3) is 0.500. The van der Waals surface area contributed by atoms with Gasteiger partial charge >= 0.3 is 0 Å². The lowest BCUT2D eigenvalue weighted by Gasteiger charge is -2.22. The summed E-state index contributed by atoms with van der Waals surface area (Å²) in [4.78, 5) is 0.233. The van der Waals surface area contributed by atoms with Crippen LogP contribution in [0.2, 0.25) is 0 Å². The first-order chi connectivity index (χ1) is 9.13. The molecule has 1 atom stereocenters. The van der Waals surface area contributed by atoms with Gasteiger partial charge in [-0.25, -0.2) is 8.42 Å². The Labute approximate surface area is 112 Å². The Bertz CT molecular complexity index is 587. The Morgan fingerprint density at radius 2 is 2.11 bits per heavy atom. The Hall–Kier alpha value is -1.31. The molecule has 0 aliphatic carbocycles. The van der Waals surface area contributed by atoms with Gasteiger partial charge in [-0.1, -0.05) is 0 Å². The number of rotatable bonds is 3. The van der Waals surface area contributed by atoms with Gasteiger partial charge in [0.15, 0.2) is 11.5 Å². The fourth-order valence-corrected chi connectivity index (χ4v) is 4.25. The van der Waals surface area contributed by atoms with Crippen molar-refractivity contribution < 1.29 is 17.9 Å². The monoisotopic (exact) mass is 284 g/mol. The number of nitrogens with zero attached hydrogens (tertiary/aromatic N) is 1. The van der Waals surface area contributed by atoms with Crippen LogP contribution in [0.25, 0.3) is 0 Å². The maximum Gasteiger partial charge on any atom is 0.243 e. The molecule has 3 rings (SSSR count). The second-order valence-electron chi connectivity index (χ2n) is 4.66. The van der Waals surface area contributed by atoms with Crippen molar-refractivity contribution in [3.05, 3.63) is 18.2 Å². The van der Waals surface area contributed by atoms with Crippen LogP contribution in [-0.4, -0.2) is 38.6 Å². The van der Waals surface area contributed by atoms with E-state index in [-0.39, 0.29) is 17.7 Å². The van der Waals surface area contributed by atoms with Crippen LogP contribution in [0.4, 0.5) is 0 Å². The molecule has 0 unspecified atom stereocenters. The summed E-state index contributed by atoms with van der Waals surface area (Å²) in [6, 6.07) is 4.59. The van der Waals surface area contributed by atoms with Crippen molar-refractivity contribution in [3.8, 4) is 11.5 Å². The zero-order chi connectivity index (χ0) is 13.5. The van der Waals surface area contributed by atoms with E-state index >= 15 is 0 Å². The second-order valence-corrected chi connectivity index (χ2v) is 6.55. The standard InChI is InChI=1S/C12H16N2O4S/c13-7-9-2-1-5-14(9)19(15,16)10-3-4-11-12(6-10)18-8-17-11/h3-4,6,9H,1-2,5,7-8,13H2/t9-/m0/s1. The molecule has 1 fully saturated rings. The van der Waals surface area contributed by atoms with Gasteiger partial charge in [0.1, 0.15) is 0 Å². The molecule has 6 nitrogen and oxygen atoms in total. The fourth-order valence-electron chi connectivity index (χ4n) is 2.53. The average molecular weight is 284 g/mol. The van der Waals surface area contributed by atoms with E-state index in [0.717, 1.165) is 12.8 Å². The highest BCUT2D eigenvalue weighted by atomic mass is 32.2. The minimum absolute atomic E-state index is 0.101. The molecule has 7 heteroatoms. The van der Waals surface area contributed by atoms with Crippen molar-refractivity contribution in [2.45, 2.75) is 23.8 Å².